The summed E-state index contributed by atoms with van der Waals surface area (Å²) in [4.78, 5) is 23.5. The van der Waals surface area contributed by atoms with Crippen LogP contribution in [0, 0.1) is 0 Å². The van der Waals surface area contributed by atoms with Crippen LogP contribution in [0.25, 0.3) is 0 Å². The SMILES string of the molecule is COC(=O)CN(c1cc(C(=O)OC)ccc1Cl)S(=O)(=O)c1ccc(Cl)cc1. The quantitative estimate of drug-likeness (QED) is 0.652. The van der Waals surface area contributed by atoms with Crippen LogP contribution in [0.15, 0.2) is 47.4 Å². The van der Waals surface area contributed by atoms with Gasteiger partial charge >= 0.3 is 11.9 Å². The third-order valence-corrected chi connectivity index (χ3v) is 5.88. The van der Waals surface area contributed by atoms with Crippen LogP contribution in [0.3, 0.4) is 0 Å². The topological polar surface area (TPSA) is 90.0 Å². The summed E-state index contributed by atoms with van der Waals surface area (Å²) in [6.45, 7) is -0.647. The predicted molar refractivity (Wildman–Crippen MR) is 101 cm³/mol. The molecule has 0 bridgehead atoms. The van der Waals surface area contributed by atoms with Gasteiger partial charge in [0.15, 0.2) is 0 Å². The summed E-state index contributed by atoms with van der Waals surface area (Å²) < 4.78 is 36.2. The summed E-state index contributed by atoms with van der Waals surface area (Å²) in [5, 5.41) is 0.364. The summed E-state index contributed by atoms with van der Waals surface area (Å²) in [6.07, 6.45) is 0. The zero-order valence-corrected chi connectivity index (χ0v) is 16.6. The molecular weight excluding hydrogens is 417 g/mol. The Bertz CT molecular complexity index is 960. The van der Waals surface area contributed by atoms with Gasteiger partial charge < -0.3 is 9.47 Å². The second-order valence-electron chi connectivity index (χ2n) is 5.20. The predicted octanol–water partition coefficient (Wildman–Crippen LogP) is 3.15. The molecule has 10 heteroatoms. The van der Waals surface area contributed by atoms with E-state index in [0.717, 1.165) is 11.4 Å². The van der Waals surface area contributed by atoms with Crippen LogP contribution >= 0.6 is 23.2 Å². The number of carbonyl (C=O) groups excluding carboxylic acids is 2. The van der Waals surface area contributed by atoms with Crippen LogP contribution in [0.1, 0.15) is 10.4 Å². The highest BCUT2D eigenvalue weighted by atomic mass is 35.5. The van der Waals surface area contributed by atoms with Gasteiger partial charge in [-0.2, -0.15) is 0 Å². The first-order chi connectivity index (χ1) is 12.7. The molecule has 2 aromatic carbocycles. The Labute approximate surface area is 166 Å². The molecule has 0 atom stereocenters. The van der Waals surface area contributed by atoms with Crippen molar-refractivity contribution in [3.63, 3.8) is 0 Å². The molecular formula is C17H15Cl2NO6S. The van der Waals surface area contributed by atoms with Gasteiger partial charge in [-0.1, -0.05) is 23.2 Å². The Morgan fingerprint density at radius 2 is 1.63 bits per heavy atom. The maximum Gasteiger partial charge on any atom is 0.337 e. The number of esters is 2. The van der Waals surface area contributed by atoms with E-state index in [0.29, 0.717) is 5.02 Å². The Kier molecular flexibility index (Phi) is 6.69. The molecule has 2 rings (SSSR count). The third kappa shape index (κ3) is 4.71. The lowest BCUT2D eigenvalue weighted by Gasteiger charge is -2.24. The number of nitrogens with zero attached hydrogens (tertiary/aromatic N) is 1. The summed E-state index contributed by atoms with van der Waals surface area (Å²) >= 11 is 12.0. The first kappa shape index (κ1) is 21.0. The molecule has 144 valence electrons. The van der Waals surface area contributed by atoms with Crippen molar-refractivity contribution in [1.82, 2.24) is 0 Å². The molecule has 0 saturated carbocycles. The van der Waals surface area contributed by atoms with E-state index in [1.807, 2.05) is 0 Å². The van der Waals surface area contributed by atoms with Gasteiger partial charge in [0.2, 0.25) is 0 Å². The molecule has 27 heavy (non-hydrogen) atoms. The van der Waals surface area contributed by atoms with Crippen LogP contribution < -0.4 is 4.31 Å². The number of rotatable bonds is 6. The zero-order valence-electron chi connectivity index (χ0n) is 14.3. The van der Waals surface area contributed by atoms with Crippen LogP contribution in [-0.4, -0.2) is 41.1 Å². The maximum atomic E-state index is 13.1. The molecule has 0 fully saturated rings. The van der Waals surface area contributed by atoms with E-state index in [1.165, 1.54) is 49.6 Å². The molecule has 0 heterocycles. The van der Waals surface area contributed by atoms with Crippen LogP contribution in [0.5, 0.6) is 0 Å². The number of anilines is 1. The highest BCUT2D eigenvalue weighted by Crippen LogP contribution is 2.32. The maximum absolute atomic E-state index is 13.1. The minimum atomic E-state index is -4.21. The highest BCUT2D eigenvalue weighted by Gasteiger charge is 2.30. The van der Waals surface area contributed by atoms with E-state index < -0.39 is 28.5 Å². The van der Waals surface area contributed by atoms with Crippen molar-refractivity contribution in [3.05, 3.63) is 58.1 Å². The van der Waals surface area contributed by atoms with Gasteiger partial charge in [0.1, 0.15) is 6.54 Å². The lowest BCUT2D eigenvalue weighted by atomic mass is 10.2. The van der Waals surface area contributed by atoms with Crippen molar-refractivity contribution in [3.8, 4) is 0 Å². The summed E-state index contributed by atoms with van der Waals surface area (Å²) in [6, 6.07) is 9.33. The molecule has 0 amide bonds. The van der Waals surface area contributed by atoms with E-state index in [9.17, 15) is 18.0 Å². The van der Waals surface area contributed by atoms with Gasteiger partial charge in [-0.3, -0.25) is 9.10 Å². The van der Waals surface area contributed by atoms with Gasteiger partial charge in [-0.15, -0.1) is 0 Å². The van der Waals surface area contributed by atoms with Gasteiger partial charge in [0.05, 0.1) is 35.4 Å². The Balaban J connectivity index is 2.63. The Morgan fingerprint density at radius 1 is 1.00 bits per heavy atom. The van der Waals surface area contributed by atoms with Crippen molar-refractivity contribution in [2.24, 2.45) is 0 Å². The second kappa shape index (κ2) is 8.60. The fraction of sp³-hybridized carbons (Fsp3) is 0.176. The van der Waals surface area contributed by atoms with Crippen molar-refractivity contribution < 1.29 is 27.5 Å². The van der Waals surface area contributed by atoms with Crippen LogP contribution in [0.2, 0.25) is 10.0 Å². The number of benzene rings is 2. The zero-order chi connectivity index (χ0) is 20.2. The average Bonchev–Trinajstić information content (AvgIpc) is 2.66. The standard InChI is InChI=1S/C17H15Cl2NO6S/c1-25-16(21)10-20(27(23,24)13-6-4-12(18)5-7-13)15-9-11(17(22)26-2)3-8-14(15)19/h3-9H,10H2,1-2H3. The molecule has 0 unspecified atom stereocenters. The minimum Gasteiger partial charge on any atom is -0.468 e. The normalized spacial score (nSPS) is 11.0. The average molecular weight is 432 g/mol. The number of ether oxygens (including phenoxy) is 2. The first-order valence-corrected chi connectivity index (χ1v) is 9.63. The second-order valence-corrected chi connectivity index (χ2v) is 7.91. The van der Waals surface area contributed by atoms with Crippen LogP contribution in [-0.2, 0) is 24.3 Å². The Hall–Kier alpha value is -2.29. The van der Waals surface area contributed by atoms with E-state index in [1.54, 1.807) is 0 Å². The van der Waals surface area contributed by atoms with Gasteiger partial charge in [-0.05, 0) is 42.5 Å². The number of hydrogen-bond donors (Lipinski definition) is 0. The molecule has 2 aromatic rings. The summed E-state index contributed by atoms with van der Waals surface area (Å²) in [5.41, 5.74) is -0.00186. The molecule has 0 aliphatic rings. The summed E-state index contributed by atoms with van der Waals surface area (Å²) in [7, 11) is -1.90. The molecule has 0 N–H and O–H groups in total. The lowest BCUT2D eigenvalue weighted by molar-refractivity contribution is -0.138. The van der Waals surface area contributed by atoms with Crippen molar-refractivity contribution in [2.75, 3.05) is 25.1 Å². The third-order valence-electron chi connectivity index (χ3n) is 3.54. The molecule has 0 aromatic heterocycles. The van der Waals surface area contributed by atoms with Crippen molar-refractivity contribution in [2.45, 2.75) is 4.90 Å². The largest absolute Gasteiger partial charge is 0.468 e. The first-order valence-electron chi connectivity index (χ1n) is 7.43. The number of methoxy groups -OCH3 is 2. The number of sulfonamides is 1. The van der Waals surface area contributed by atoms with Gasteiger partial charge in [0, 0.05) is 5.02 Å². The van der Waals surface area contributed by atoms with Gasteiger partial charge in [-0.25, -0.2) is 13.2 Å². The molecule has 0 radical (unpaired) electrons. The number of halogens is 2. The smallest absolute Gasteiger partial charge is 0.337 e. The molecule has 0 saturated heterocycles. The number of hydrogen-bond acceptors (Lipinski definition) is 6. The molecule has 0 aliphatic carbocycles. The lowest BCUT2D eigenvalue weighted by Crippen LogP contribution is -2.36. The molecule has 0 spiro atoms. The van der Waals surface area contributed by atoms with E-state index in [-0.39, 0.29) is 21.2 Å². The van der Waals surface area contributed by atoms with Crippen LogP contribution in [0.4, 0.5) is 5.69 Å². The fourth-order valence-electron chi connectivity index (χ4n) is 2.16. The van der Waals surface area contributed by atoms with Gasteiger partial charge in [0.25, 0.3) is 10.0 Å². The molecule has 7 nitrogen and oxygen atoms in total. The summed E-state index contributed by atoms with van der Waals surface area (Å²) in [5.74, 6) is -1.50. The van der Waals surface area contributed by atoms with E-state index >= 15 is 0 Å². The fourth-order valence-corrected chi connectivity index (χ4v) is 3.98. The van der Waals surface area contributed by atoms with Crippen molar-refractivity contribution >= 4 is 50.9 Å². The minimum absolute atomic E-state index is 0.0177. The molecule has 0 aliphatic heterocycles. The highest BCUT2D eigenvalue weighted by molar-refractivity contribution is 7.92. The number of carbonyl (C=O) groups is 2. The Morgan fingerprint density at radius 3 is 2.19 bits per heavy atom. The van der Waals surface area contributed by atoms with E-state index in [4.69, 9.17) is 23.2 Å². The van der Waals surface area contributed by atoms with Crippen molar-refractivity contribution in [1.29, 1.82) is 0 Å². The van der Waals surface area contributed by atoms with E-state index in [2.05, 4.69) is 9.47 Å². The monoisotopic (exact) mass is 431 g/mol.